The highest BCUT2D eigenvalue weighted by Gasteiger charge is 2.30. The summed E-state index contributed by atoms with van der Waals surface area (Å²) in [6.07, 6.45) is 48.9. The number of carbonyl (C=O) groups is 4. The summed E-state index contributed by atoms with van der Waals surface area (Å²) in [5, 5.41) is 10.6. The van der Waals surface area contributed by atoms with Gasteiger partial charge in [-0.15, -0.1) is 0 Å². The van der Waals surface area contributed by atoms with Gasteiger partial charge in [0.05, 0.1) is 26.4 Å². The molecule has 0 radical (unpaired) electrons. The van der Waals surface area contributed by atoms with Crippen LogP contribution in [0.5, 0.6) is 0 Å². The molecule has 0 aromatic carbocycles. The van der Waals surface area contributed by atoms with Crippen molar-refractivity contribution in [3.63, 3.8) is 0 Å². The second kappa shape index (κ2) is 63.1. The molecule has 0 amide bonds. The lowest BCUT2D eigenvalue weighted by atomic mass is 9.99. The first-order chi connectivity index (χ1) is 43.4. The van der Waals surface area contributed by atoms with E-state index in [9.17, 15) is 43.2 Å². The van der Waals surface area contributed by atoms with Crippen LogP contribution >= 0.6 is 15.6 Å². The first-order valence-corrected chi connectivity index (χ1v) is 40.0. The van der Waals surface area contributed by atoms with Crippen LogP contribution in [0.25, 0.3) is 0 Å². The molecule has 0 saturated heterocycles. The van der Waals surface area contributed by atoms with Crippen LogP contribution in [0.1, 0.15) is 363 Å². The van der Waals surface area contributed by atoms with Gasteiger partial charge in [0.2, 0.25) is 0 Å². The van der Waals surface area contributed by atoms with Gasteiger partial charge < -0.3 is 33.8 Å². The van der Waals surface area contributed by atoms with E-state index < -0.39 is 97.5 Å². The van der Waals surface area contributed by atoms with Crippen molar-refractivity contribution in [1.82, 2.24) is 0 Å². The first-order valence-electron chi connectivity index (χ1n) is 37.0. The average Bonchev–Trinajstić information content (AvgIpc) is 2.95. The third-order valence-electron chi connectivity index (χ3n) is 16.8. The molecule has 0 aliphatic carbocycles. The van der Waals surface area contributed by atoms with Crippen molar-refractivity contribution in [2.24, 2.45) is 11.8 Å². The Morgan fingerprint density at radius 1 is 0.322 bits per heavy atom. The van der Waals surface area contributed by atoms with Crippen LogP contribution < -0.4 is 0 Å². The monoisotopic (exact) mass is 1320 g/mol. The average molecular weight is 1330 g/mol. The van der Waals surface area contributed by atoms with E-state index in [2.05, 4.69) is 41.5 Å². The SMILES string of the molecule is CCCCCCCCCCCCCCCCC(=O)OC[C@H](COP(=O)(O)OC[C@@H](O)COP(=O)(O)OC[C@@H](COC(=O)CCCCCCC)OC(=O)CCCCCCCCCCC(C)CC)OC(=O)CCCCCCCCCCCCCCCCCCC(C)C. The molecule has 3 N–H and O–H groups in total. The molecule has 3 unspecified atom stereocenters. The van der Waals surface area contributed by atoms with Crippen molar-refractivity contribution in [3.8, 4) is 0 Å². The lowest BCUT2D eigenvalue weighted by molar-refractivity contribution is -0.161. The number of esters is 4. The molecular formula is C71H138O17P2. The number of hydrogen-bond donors (Lipinski definition) is 3. The lowest BCUT2D eigenvalue weighted by Gasteiger charge is -2.21. The quantitative estimate of drug-likeness (QED) is 0.0222. The molecule has 0 aliphatic rings. The van der Waals surface area contributed by atoms with Gasteiger partial charge in [-0.3, -0.25) is 37.3 Å². The molecule has 534 valence electrons. The Hall–Kier alpha value is -1.94. The highest BCUT2D eigenvalue weighted by atomic mass is 31.2. The van der Waals surface area contributed by atoms with Gasteiger partial charge in [-0.1, -0.05) is 311 Å². The minimum atomic E-state index is -4.95. The molecular weight excluding hydrogens is 1190 g/mol. The Balaban J connectivity index is 5.15. The minimum Gasteiger partial charge on any atom is -0.462 e. The standard InChI is InChI=1S/C71H138O17P2/c1-7-10-12-14-15-16-17-18-24-27-30-36-42-48-54-69(74)82-60-67(88-70(75)55-49-43-37-31-28-25-22-20-19-21-23-26-29-34-40-45-51-63(4)5)62-86-90(79,80)84-58-65(72)57-83-89(77,78)85-61-66(59-81-68(73)53-47-39-13-11-8-2)87-71(76)56-50-44-38-33-32-35-41-46-52-64(6)9-3/h63-67,72H,7-62H2,1-6H3,(H,77,78)(H,79,80)/t64?,65-,66+,67+/m0/s1. The van der Waals surface area contributed by atoms with Crippen LogP contribution in [0.15, 0.2) is 0 Å². The molecule has 19 heteroatoms. The summed E-state index contributed by atoms with van der Waals surface area (Å²) in [6.45, 7) is 9.50. The topological polar surface area (TPSA) is 237 Å². The molecule has 90 heavy (non-hydrogen) atoms. The zero-order chi connectivity index (χ0) is 66.5. The van der Waals surface area contributed by atoms with E-state index in [0.717, 1.165) is 108 Å². The molecule has 17 nitrogen and oxygen atoms in total. The van der Waals surface area contributed by atoms with E-state index >= 15 is 0 Å². The number of phosphoric ester groups is 2. The first kappa shape index (κ1) is 88.1. The third-order valence-corrected chi connectivity index (χ3v) is 18.7. The Kier molecular flexibility index (Phi) is 61.8. The van der Waals surface area contributed by atoms with Crippen molar-refractivity contribution in [1.29, 1.82) is 0 Å². The van der Waals surface area contributed by atoms with Gasteiger partial charge >= 0.3 is 39.5 Å². The number of unbranched alkanes of at least 4 members (excludes halogenated alkanes) is 39. The fourth-order valence-electron chi connectivity index (χ4n) is 10.7. The molecule has 0 heterocycles. The number of ether oxygens (including phenoxy) is 4. The van der Waals surface area contributed by atoms with Gasteiger partial charge in [0, 0.05) is 25.7 Å². The Bertz CT molecular complexity index is 1750. The molecule has 0 saturated carbocycles. The maximum atomic E-state index is 13.0. The van der Waals surface area contributed by atoms with Crippen LogP contribution in [0, 0.1) is 11.8 Å². The van der Waals surface area contributed by atoms with Crippen LogP contribution in [0.4, 0.5) is 0 Å². The molecule has 0 aromatic heterocycles. The van der Waals surface area contributed by atoms with E-state index in [1.54, 1.807) is 0 Å². The highest BCUT2D eigenvalue weighted by Crippen LogP contribution is 2.45. The summed E-state index contributed by atoms with van der Waals surface area (Å²) in [5.74, 6) is -0.555. The summed E-state index contributed by atoms with van der Waals surface area (Å²) >= 11 is 0. The predicted molar refractivity (Wildman–Crippen MR) is 363 cm³/mol. The van der Waals surface area contributed by atoms with E-state index in [1.807, 2.05) is 0 Å². The van der Waals surface area contributed by atoms with E-state index in [-0.39, 0.29) is 25.7 Å². The van der Waals surface area contributed by atoms with Gasteiger partial charge in [0.15, 0.2) is 12.2 Å². The summed E-state index contributed by atoms with van der Waals surface area (Å²) in [5.41, 5.74) is 0. The molecule has 6 atom stereocenters. The van der Waals surface area contributed by atoms with E-state index in [4.69, 9.17) is 37.0 Å². The smallest absolute Gasteiger partial charge is 0.462 e. The molecule has 0 bridgehead atoms. The highest BCUT2D eigenvalue weighted by molar-refractivity contribution is 7.47. The number of aliphatic hydroxyl groups excluding tert-OH is 1. The number of aliphatic hydroxyl groups is 1. The summed E-state index contributed by atoms with van der Waals surface area (Å²) in [7, 11) is -9.89. The van der Waals surface area contributed by atoms with Crippen LogP contribution in [-0.2, 0) is 65.4 Å². The summed E-state index contributed by atoms with van der Waals surface area (Å²) in [6, 6.07) is 0. The molecule has 0 spiro atoms. The van der Waals surface area contributed by atoms with Crippen molar-refractivity contribution in [3.05, 3.63) is 0 Å². The van der Waals surface area contributed by atoms with E-state index in [0.29, 0.717) is 25.7 Å². The number of rotatable bonds is 70. The van der Waals surface area contributed by atoms with Gasteiger partial charge in [-0.25, -0.2) is 9.13 Å². The number of phosphoric acid groups is 2. The van der Waals surface area contributed by atoms with Crippen molar-refractivity contribution >= 4 is 39.5 Å². The summed E-state index contributed by atoms with van der Waals surface area (Å²) in [4.78, 5) is 72.3. The van der Waals surface area contributed by atoms with Gasteiger partial charge in [0.1, 0.15) is 19.3 Å². The Morgan fingerprint density at radius 3 is 0.844 bits per heavy atom. The van der Waals surface area contributed by atoms with Gasteiger partial charge in [-0.05, 0) is 37.5 Å². The second-order valence-electron chi connectivity index (χ2n) is 26.3. The zero-order valence-electron chi connectivity index (χ0n) is 58.4. The normalized spacial score (nSPS) is 14.4. The summed E-state index contributed by atoms with van der Waals surface area (Å²) < 4.78 is 68.1. The predicted octanol–water partition coefficient (Wildman–Crippen LogP) is 20.4. The second-order valence-corrected chi connectivity index (χ2v) is 29.3. The fourth-order valence-corrected chi connectivity index (χ4v) is 12.3. The van der Waals surface area contributed by atoms with E-state index in [1.165, 1.54) is 173 Å². The van der Waals surface area contributed by atoms with Crippen molar-refractivity contribution < 1.29 is 80.2 Å². The number of hydrogen-bond acceptors (Lipinski definition) is 15. The molecule has 0 rings (SSSR count). The largest absolute Gasteiger partial charge is 0.472 e. The third kappa shape index (κ3) is 63.5. The number of carbonyl (C=O) groups excluding carboxylic acids is 4. The minimum absolute atomic E-state index is 0.104. The van der Waals surface area contributed by atoms with Crippen LogP contribution in [0.3, 0.4) is 0 Å². The maximum Gasteiger partial charge on any atom is 0.472 e. The Morgan fingerprint density at radius 2 is 0.567 bits per heavy atom. The maximum absolute atomic E-state index is 13.0. The zero-order valence-corrected chi connectivity index (χ0v) is 60.2. The van der Waals surface area contributed by atoms with Gasteiger partial charge in [-0.2, -0.15) is 0 Å². The van der Waals surface area contributed by atoms with Gasteiger partial charge in [0.25, 0.3) is 0 Å². The molecule has 0 aliphatic heterocycles. The van der Waals surface area contributed by atoms with Crippen LogP contribution in [0.2, 0.25) is 0 Å². The van der Waals surface area contributed by atoms with Crippen molar-refractivity contribution in [2.75, 3.05) is 39.6 Å². The Labute approximate surface area is 549 Å². The fraction of sp³-hybridized carbons (Fsp3) is 0.944. The van der Waals surface area contributed by atoms with Crippen LogP contribution in [-0.4, -0.2) is 96.7 Å². The molecule has 0 aromatic rings. The lowest BCUT2D eigenvalue weighted by Crippen LogP contribution is -2.30. The van der Waals surface area contributed by atoms with Crippen molar-refractivity contribution in [2.45, 2.75) is 381 Å². The molecule has 0 fully saturated rings.